The van der Waals surface area contributed by atoms with Crippen LogP contribution in [0.25, 0.3) is 0 Å². The molecule has 0 aromatic carbocycles. The predicted octanol–water partition coefficient (Wildman–Crippen LogP) is 3.63. The summed E-state index contributed by atoms with van der Waals surface area (Å²) in [5.74, 6) is 1.33. The highest BCUT2D eigenvalue weighted by molar-refractivity contribution is 5.65. The van der Waals surface area contributed by atoms with Crippen molar-refractivity contribution in [3.63, 3.8) is 0 Å². The van der Waals surface area contributed by atoms with Crippen molar-refractivity contribution in [2.75, 3.05) is 6.61 Å². The quantitative estimate of drug-likeness (QED) is 0.741. The first-order valence-electron chi connectivity index (χ1n) is 10.6. The molecule has 0 aliphatic heterocycles. The minimum absolute atomic E-state index is 0.0108. The first-order chi connectivity index (χ1) is 12.7. The average molecular weight is 375 g/mol. The third kappa shape index (κ3) is 2.74. The number of carbonyl (C=O) groups excluding carboxylic acids is 1. The number of rotatable bonds is 3. The van der Waals surface area contributed by atoms with Gasteiger partial charge >= 0.3 is 5.97 Å². The number of fused-ring (bicyclic) bond motifs is 5. The molecule has 0 unspecified atom stereocenters. The number of ether oxygens (including phenoxy) is 1. The Morgan fingerprint density at radius 2 is 2.00 bits per heavy atom. The Morgan fingerprint density at radius 3 is 2.74 bits per heavy atom. The van der Waals surface area contributed by atoms with E-state index in [0.717, 1.165) is 25.7 Å². The lowest BCUT2D eigenvalue weighted by molar-refractivity contribution is -0.182. The molecule has 4 nitrogen and oxygen atoms in total. The fourth-order valence-electron chi connectivity index (χ4n) is 7.43. The number of aliphatic hydroxyl groups excluding tert-OH is 1. The van der Waals surface area contributed by atoms with Gasteiger partial charge in [0.1, 0.15) is 0 Å². The number of hydrogen-bond donors (Lipinski definition) is 2. The van der Waals surface area contributed by atoms with E-state index < -0.39 is 11.7 Å². The zero-order chi connectivity index (χ0) is 19.4. The molecule has 2 N–H and O–H groups in total. The highest BCUT2D eigenvalue weighted by Gasteiger charge is 2.66. The molecular formula is C23H34O4. The summed E-state index contributed by atoms with van der Waals surface area (Å²) < 4.78 is 5.14. The summed E-state index contributed by atoms with van der Waals surface area (Å²) in [4.78, 5) is 11.1. The average Bonchev–Trinajstić information content (AvgIpc) is 2.84. The third-order valence-corrected chi connectivity index (χ3v) is 8.84. The Hall–Kier alpha value is -1.13. The van der Waals surface area contributed by atoms with Gasteiger partial charge in [-0.05, 0) is 61.2 Å². The van der Waals surface area contributed by atoms with E-state index >= 15 is 0 Å². The monoisotopic (exact) mass is 374 g/mol. The Labute approximate surface area is 162 Å². The Balaban J connectivity index is 1.61. The van der Waals surface area contributed by atoms with Crippen LogP contribution in [0, 0.1) is 34.5 Å². The summed E-state index contributed by atoms with van der Waals surface area (Å²) in [5.41, 5.74) is -1.17. The second-order valence-electron chi connectivity index (χ2n) is 9.94. The SMILES string of the molecule is CC(=O)OCC[C@@]1(O)CC[C@H]2[C@@H]3CC[C@@H]4C=CC=C[C@]4(C)[C@H]3[C@@H](O)C[C@@]21C. The van der Waals surface area contributed by atoms with E-state index in [1.165, 1.54) is 6.92 Å². The van der Waals surface area contributed by atoms with Crippen molar-refractivity contribution in [3.8, 4) is 0 Å². The highest BCUT2D eigenvalue weighted by atomic mass is 16.5. The van der Waals surface area contributed by atoms with Gasteiger partial charge in [0.15, 0.2) is 0 Å². The molecule has 4 aliphatic rings. The summed E-state index contributed by atoms with van der Waals surface area (Å²) >= 11 is 0. The number of carbonyl (C=O) groups is 1. The lowest BCUT2D eigenvalue weighted by Gasteiger charge is -2.61. The maximum absolute atomic E-state index is 11.5. The molecule has 3 fully saturated rings. The van der Waals surface area contributed by atoms with Crippen molar-refractivity contribution in [3.05, 3.63) is 24.3 Å². The van der Waals surface area contributed by atoms with E-state index in [0.29, 0.717) is 30.6 Å². The Bertz CT molecular complexity index is 669. The summed E-state index contributed by atoms with van der Waals surface area (Å²) in [6.07, 6.45) is 13.6. The lowest BCUT2D eigenvalue weighted by atomic mass is 9.45. The molecule has 0 amide bonds. The molecule has 0 aromatic rings. The van der Waals surface area contributed by atoms with Crippen LogP contribution < -0.4 is 0 Å². The number of allylic oxidation sites excluding steroid dienone is 4. The van der Waals surface area contributed by atoms with Crippen molar-refractivity contribution >= 4 is 5.97 Å². The molecule has 3 saturated carbocycles. The minimum Gasteiger partial charge on any atom is -0.466 e. The topological polar surface area (TPSA) is 66.8 Å². The molecule has 4 aliphatic carbocycles. The standard InChI is InChI=1S/C23H34O4/c1-15(24)27-13-12-23(26)11-9-18-17-8-7-16-6-4-5-10-21(16,2)20(17)19(25)14-22(18,23)3/h4-6,10,16-20,25-26H,7-9,11-14H2,1-3H3/t16-,17-,18-,19-,20+,21-,22-,23-/m0/s1. The van der Waals surface area contributed by atoms with Crippen LogP contribution in [0.15, 0.2) is 24.3 Å². The number of aliphatic hydroxyl groups is 2. The molecular weight excluding hydrogens is 340 g/mol. The summed E-state index contributed by atoms with van der Waals surface area (Å²) in [6, 6.07) is 0. The van der Waals surface area contributed by atoms with Crippen LogP contribution in [0.3, 0.4) is 0 Å². The van der Waals surface area contributed by atoms with Gasteiger partial charge in [-0.2, -0.15) is 0 Å². The first-order valence-corrected chi connectivity index (χ1v) is 10.6. The molecule has 27 heavy (non-hydrogen) atoms. The Kier molecular flexibility index (Phi) is 4.59. The number of hydrogen-bond acceptors (Lipinski definition) is 4. The largest absolute Gasteiger partial charge is 0.466 e. The van der Waals surface area contributed by atoms with Crippen LogP contribution in [0.1, 0.15) is 59.3 Å². The van der Waals surface area contributed by atoms with E-state index in [2.05, 4.69) is 38.2 Å². The third-order valence-electron chi connectivity index (χ3n) is 8.84. The van der Waals surface area contributed by atoms with Gasteiger partial charge in [0.2, 0.25) is 0 Å². The van der Waals surface area contributed by atoms with Crippen molar-refractivity contribution in [2.45, 2.75) is 71.0 Å². The molecule has 0 bridgehead atoms. The minimum atomic E-state index is -0.862. The smallest absolute Gasteiger partial charge is 0.302 e. The predicted molar refractivity (Wildman–Crippen MR) is 104 cm³/mol. The fourth-order valence-corrected chi connectivity index (χ4v) is 7.43. The normalized spacial score (nSPS) is 50.6. The maximum atomic E-state index is 11.5. The van der Waals surface area contributed by atoms with Crippen molar-refractivity contribution in [1.29, 1.82) is 0 Å². The zero-order valence-electron chi connectivity index (χ0n) is 16.9. The molecule has 0 saturated heterocycles. The molecule has 150 valence electrons. The van der Waals surface area contributed by atoms with Gasteiger partial charge in [-0.15, -0.1) is 0 Å². The molecule has 0 aromatic heterocycles. The molecule has 4 heteroatoms. The van der Waals surface area contributed by atoms with Crippen LogP contribution in [0.5, 0.6) is 0 Å². The highest BCUT2D eigenvalue weighted by Crippen LogP contribution is 2.67. The second kappa shape index (κ2) is 6.45. The summed E-state index contributed by atoms with van der Waals surface area (Å²) in [7, 11) is 0. The molecule has 0 radical (unpaired) electrons. The van der Waals surface area contributed by atoms with Gasteiger partial charge in [0.05, 0.1) is 18.3 Å². The van der Waals surface area contributed by atoms with Gasteiger partial charge in [-0.3, -0.25) is 4.79 Å². The molecule has 8 atom stereocenters. The van der Waals surface area contributed by atoms with E-state index in [1.54, 1.807) is 0 Å². The summed E-state index contributed by atoms with van der Waals surface area (Å²) in [6.45, 7) is 6.15. The van der Waals surface area contributed by atoms with Crippen LogP contribution in [-0.4, -0.2) is 34.5 Å². The summed E-state index contributed by atoms with van der Waals surface area (Å²) in [5, 5.41) is 22.8. The first kappa shape index (κ1) is 19.2. The Morgan fingerprint density at radius 1 is 1.22 bits per heavy atom. The van der Waals surface area contributed by atoms with Gasteiger partial charge in [-0.25, -0.2) is 0 Å². The van der Waals surface area contributed by atoms with Crippen LogP contribution in [-0.2, 0) is 9.53 Å². The molecule has 0 heterocycles. The maximum Gasteiger partial charge on any atom is 0.302 e. The molecule has 0 spiro atoms. The lowest BCUT2D eigenvalue weighted by Crippen LogP contribution is -2.60. The van der Waals surface area contributed by atoms with Crippen LogP contribution in [0.2, 0.25) is 0 Å². The van der Waals surface area contributed by atoms with Gasteiger partial charge in [0.25, 0.3) is 0 Å². The van der Waals surface area contributed by atoms with Crippen LogP contribution in [0.4, 0.5) is 0 Å². The van der Waals surface area contributed by atoms with E-state index in [-0.39, 0.29) is 29.3 Å². The van der Waals surface area contributed by atoms with Gasteiger partial charge in [0, 0.05) is 18.8 Å². The van der Waals surface area contributed by atoms with Crippen LogP contribution >= 0.6 is 0 Å². The van der Waals surface area contributed by atoms with E-state index in [9.17, 15) is 15.0 Å². The number of esters is 1. The fraction of sp³-hybridized carbons (Fsp3) is 0.783. The van der Waals surface area contributed by atoms with E-state index in [1.807, 2.05) is 0 Å². The van der Waals surface area contributed by atoms with E-state index in [4.69, 9.17) is 4.74 Å². The van der Waals surface area contributed by atoms with Crippen molar-refractivity contribution in [1.82, 2.24) is 0 Å². The van der Waals surface area contributed by atoms with Gasteiger partial charge < -0.3 is 14.9 Å². The zero-order valence-corrected chi connectivity index (χ0v) is 16.9. The van der Waals surface area contributed by atoms with Gasteiger partial charge in [-0.1, -0.05) is 38.2 Å². The second-order valence-corrected chi connectivity index (χ2v) is 9.94. The molecule has 4 rings (SSSR count). The van der Waals surface area contributed by atoms with Crippen molar-refractivity contribution in [2.24, 2.45) is 34.5 Å². The van der Waals surface area contributed by atoms with Crippen molar-refractivity contribution < 1.29 is 19.7 Å².